The van der Waals surface area contributed by atoms with E-state index in [0.717, 1.165) is 15.8 Å². The summed E-state index contributed by atoms with van der Waals surface area (Å²) in [6.07, 6.45) is 2.51. The van der Waals surface area contributed by atoms with Crippen LogP contribution in [0.2, 0.25) is 0 Å². The van der Waals surface area contributed by atoms with Gasteiger partial charge in [0.2, 0.25) is 0 Å². The first-order chi connectivity index (χ1) is 7.74. The Labute approximate surface area is 104 Å². The van der Waals surface area contributed by atoms with E-state index in [0.29, 0.717) is 12.6 Å². The van der Waals surface area contributed by atoms with Gasteiger partial charge in [-0.15, -0.1) is 0 Å². The molecule has 0 aromatic heterocycles. The van der Waals surface area contributed by atoms with Crippen LogP contribution in [0.25, 0.3) is 0 Å². The molecule has 3 N–H and O–H groups in total. The van der Waals surface area contributed by atoms with Crippen LogP contribution in [0.15, 0.2) is 22.7 Å². The number of rotatable bonds is 5. The lowest BCUT2D eigenvalue weighted by molar-refractivity contribution is 0.399. The van der Waals surface area contributed by atoms with E-state index in [1.165, 1.54) is 12.8 Å². The Balaban J connectivity index is 2.23. The van der Waals surface area contributed by atoms with Crippen LogP contribution in [0.5, 0.6) is 5.75 Å². The van der Waals surface area contributed by atoms with Gasteiger partial charge in [0.15, 0.2) is 0 Å². The lowest BCUT2D eigenvalue weighted by Crippen LogP contribution is -2.30. The maximum Gasteiger partial charge on any atom is 0.123 e. The van der Waals surface area contributed by atoms with Gasteiger partial charge in [0.1, 0.15) is 5.75 Å². The molecule has 1 saturated carbocycles. The van der Waals surface area contributed by atoms with Crippen molar-refractivity contribution in [2.24, 2.45) is 5.73 Å². The van der Waals surface area contributed by atoms with Crippen molar-refractivity contribution in [1.82, 2.24) is 5.32 Å². The molecule has 0 radical (unpaired) electrons. The zero-order valence-corrected chi connectivity index (χ0v) is 11.0. The summed E-state index contributed by atoms with van der Waals surface area (Å²) in [7, 11) is 1.69. The van der Waals surface area contributed by atoms with Gasteiger partial charge in [-0.2, -0.15) is 0 Å². The molecule has 1 aliphatic rings. The van der Waals surface area contributed by atoms with Gasteiger partial charge in [-0.25, -0.2) is 0 Å². The number of halogens is 1. The highest BCUT2D eigenvalue weighted by Crippen LogP contribution is 2.31. The largest absolute Gasteiger partial charge is 0.496 e. The molecular formula is C12H17BrN2O. The number of hydrogen-bond acceptors (Lipinski definition) is 3. The normalized spacial score (nSPS) is 17.2. The molecule has 0 bridgehead atoms. The van der Waals surface area contributed by atoms with Gasteiger partial charge in [0, 0.05) is 28.7 Å². The van der Waals surface area contributed by atoms with Gasteiger partial charge in [-0.1, -0.05) is 15.9 Å². The molecule has 16 heavy (non-hydrogen) atoms. The minimum atomic E-state index is 0.181. The second kappa shape index (κ2) is 5.17. The smallest absolute Gasteiger partial charge is 0.123 e. The first-order valence-electron chi connectivity index (χ1n) is 5.54. The van der Waals surface area contributed by atoms with Gasteiger partial charge in [0.05, 0.1) is 7.11 Å². The third-order valence-corrected chi connectivity index (χ3v) is 3.31. The third-order valence-electron chi connectivity index (χ3n) is 2.82. The van der Waals surface area contributed by atoms with Crippen molar-refractivity contribution in [1.29, 1.82) is 0 Å². The Morgan fingerprint density at radius 3 is 2.88 bits per heavy atom. The molecular weight excluding hydrogens is 268 g/mol. The highest BCUT2D eigenvalue weighted by Gasteiger charge is 2.26. The fraction of sp³-hybridized carbons (Fsp3) is 0.500. The van der Waals surface area contributed by atoms with Crippen molar-refractivity contribution >= 4 is 15.9 Å². The van der Waals surface area contributed by atoms with Gasteiger partial charge in [-0.05, 0) is 31.0 Å². The fourth-order valence-electron chi connectivity index (χ4n) is 1.80. The van der Waals surface area contributed by atoms with E-state index < -0.39 is 0 Å². The molecule has 0 saturated heterocycles. The molecule has 0 spiro atoms. The second-order valence-electron chi connectivity index (χ2n) is 4.12. The van der Waals surface area contributed by atoms with Crippen LogP contribution in [0, 0.1) is 0 Å². The monoisotopic (exact) mass is 284 g/mol. The minimum absolute atomic E-state index is 0.181. The Morgan fingerprint density at radius 2 is 2.31 bits per heavy atom. The van der Waals surface area contributed by atoms with Crippen LogP contribution in [-0.2, 0) is 0 Å². The predicted molar refractivity (Wildman–Crippen MR) is 68.6 cm³/mol. The first-order valence-corrected chi connectivity index (χ1v) is 6.33. The Morgan fingerprint density at radius 1 is 1.56 bits per heavy atom. The highest BCUT2D eigenvalue weighted by atomic mass is 79.9. The summed E-state index contributed by atoms with van der Waals surface area (Å²) in [5, 5.41) is 3.53. The van der Waals surface area contributed by atoms with Crippen molar-refractivity contribution in [2.45, 2.75) is 24.9 Å². The molecule has 4 heteroatoms. The topological polar surface area (TPSA) is 47.3 Å². The lowest BCUT2D eigenvalue weighted by Gasteiger charge is -2.20. The molecule has 1 atom stereocenters. The molecule has 1 unspecified atom stereocenters. The van der Waals surface area contributed by atoms with Crippen molar-refractivity contribution in [3.63, 3.8) is 0 Å². The summed E-state index contributed by atoms with van der Waals surface area (Å²) < 4.78 is 6.42. The molecule has 0 amide bonds. The Kier molecular flexibility index (Phi) is 3.84. The Bertz CT molecular complexity index is 366. The highest BCUT2D eigenvalue weighted by molar-refractivity contribution is 9.10. The summed E-state index contributed by atoms with van der Waals surface area (Å²) in [4.78, 5) is 0. The second-order valence-corrected chi connectivity index (χ2v) is 5.03. The van der Waals surface area contributed by atoms with E-state index in [4.69, 9.17) is 10.5 Å². The first kappa shape index (κ1) is 11.9. The third kappa shape index (κ3) is 2.75. The maximum absolute atomic E-state index is 5.82. The summed E-state index contributed by atoms with van der Waals surface area (Å²) >= 11 is 3.48. The van der Waals surface area contributed by atoms with Crippen molar-refractivity contribution in [3.8, 4) is 5.75 Å². The summed E-state index contributed by atoms with van der Waals surface area (Å²) in [5.74, 6) is 0.895. The molecule has 1 fully saturated rings. The molecule has 0 heterocycles. The van der Waals surface area contributed by atoms with Gasteiger partial charge in [0.25, 0.3) is 0 Å². The number of hydrogen-bond donors (Lipinski definition) is 2. The average Bonchev–Trinajstić information content (AvgIpc) is 3.09. The number of benzene rings is 1. The number of ether oxygens (including phenoxy) is 1. The SMILES string of the molecule is COc1ccc(Br)cc1C(CN)NC1CC1. The van der Waals surface area contributed by atoms with Gasteiger partial charge in [-0.3, -0.25) is 0 Å². The zero-order chi connectivity index (χ0) is 11.5. The predicted octanol–water partition coefficient (Wildman–Crippen LogP) is 2.21. The van der Waals surface area contributed by atoms with Crippen molar-refractivity contribution in [2.75, 3.05) is 13.7 Å². The van der Waals surface area contributed by atoms with Crippen LogP contribution in [0.3, 0.4) is 0 Å². The molecule has 2 rings (SSSR count). The number of nitrogens with two attached hydrogens (primary N) is 1. The maximum atomic E-state index is 5.82. The summed E-state index contributed by atoms with van der Waals surface area (Å²) in [5.41, 5.74) is 6.95. The van der Waals surface area contributed by atoms with Crippen LogP contribution in [0.1, 0.15) is 24.4 Å². The van der Waals surface area contributed by atoms with Crippen molar-refractivity contribution < 1.29 is 4.74 Å². The van der Waals surface area contributed by atoms with E-state index in [-0.39, 0.29) is 6.04 Å². The standard InChI is InChI=1S/C12H17BrN2O/c1-16-12-5-2-8(13)6-10(12)11(7-14)15-9-3-4-9/h2,5-6,9,11,15H,3-4,7,14H2,1H3. The molecule has 88 valence electrons. The lowest BCUT2D eigenvalue weighted by atomic mass is 10.1. The van der Waals surface area contributed by atoms with Crippen LogP contribution in [0.4, 0.5) is 0 Å². The van der Waals surface area contributed by atoms with Crippen molar-refractivity contribution in [3.05, 3.63) is 28.2 Å². The quantitative estimate of drug-likeness (QED) is 0.872. The zero-order valence-electron chi connectivity index (χ0n) is 9.37. The molecule has 0 aliphatic heterocycles. The van der Waals surface area contributed by atoms with Crippen LogP contribution < -0.4 is 15.8 Å². The fourth-order valence-corrected chi connectivity index (χ4v) is 2.18. The van der Waals surface area contributed by atoms with E-state index in [1.54, 1.807) is 7.11 Å². The molecule has 1 aliphatic carbocycles. The van der Waals surface area contributed by atoms with E-state index in [9.17, 15) is 0 Å². The van der Waals surface area contributed by atoms with Crippen LogP contribution >= 0.6 is 15.9 Å². The molecule has 3 nitrogen and oxygen atoms in total. The molecule has 1 aromatic rings. The van der Waals surface area contributed by atoms with E-state index >= 15 is 0 Å². The van der Waals surface area contributed by atoms with E-state index in [2.05, 4.69) is 27.3 Å². The van der Waals surface area contributed by atoms with Crippen LogP contribution in [-0.4, -0.2) is 19.7 Å². The van der Waals surface area contributed by atoms with E-state index in [1.807, 2.05) is 12.1 Å². The summed E-state index contributed by atoms with van der Waals surface area (Å²) in [6.45, 7) is 0.587. The summed E-state index contributed by atoms with van der Waals surface area (Å²) in [6, 6.07) is 6.84. The number of nitrogens with one attached hydrogen (secondary N) is 1. The molecule has 1 aromatic carbocycles. The Hall–Kier alpha value is -0.580. The van der Waals surface area contributed by atoms with Gasteiger partial charge >= 0.3 is 0 Å². The van der Waals surface area contributed by atoms with Gasteiger partial charge < -0.3 is 15.8 Å². The average molecular weight is 285 g/mol. The number of methoxy groups -OCH3 is 1. The minimum Gasteiger partial charge on any atom is -0.496 e.